The number of fused-ring (bicyclic) bond motifs is 1. The molecule has 0 atom stereocenters. The summed E-state index contributed by atoms with van der Waals surface area (Å²) >= 11 is 3.02. The van der Waals surface area contributed by atoms with Crippen LogP contribution in [-0.2, 0) is 17.8 Å². The molecule has 0 N–H and O–H groups in total. The molecular weight excluding hydrogens is 446 g/mol. The van der Waals surface area contributed by atoms with E-state index >= 15 is 0 Å². The van der Waals surface area contributed by atoms with Crippen molar-refractivity contribution in [3.8, 4) is 21.9 Å². The van der Waals surface area contributed by atoms with Crippen LogP contribution in [0.15, 0.2) is 52.2 Å². The van der Waals surface area contributed by atoms with Crippen molar-refractivity contribution in [1.82, 2.24) is 14.5 Å². The summed E-state index contributed by atoms with van der Waals surface area (Å²) in [7, 11) is 4.93. The summed E-state index contributed by atoms with van der Waals surface area (Å²) in [6.45, 7) is 0.460. The van der Waals surface area contributed by atoms with Gasteiger partial charge in [-0.3, -0.25) is 14.2 Å². The van der Waals surface area contributed by atoms with Crippen molar-refractivity contribution in [2.24, 2.45) is 0 Å². The number of ether oxygens (including phenoxy) is 2. The Balaban J connectivity index is 1.47. The second kappa shape index (κ2) is 9.54. The van der Waals surface area contributed by atoms with Crippen LogP contribution >= 0.6 is 22.7 Å². The summed E-state index contributed by atoms with van der Waals surface area (Å²) in [5, 5.41) is 4.50. The molecule has 0 aliphatic heterocycles. The lowest BCUT2D eigenvalue weighted by molar-refractivity contribution is -0.130. The van der Waals surface area contributed by atoms with Gasteiger partial charge >= 0.3 is 0 Å². The van der Waals surface area contributed by atoms with Crippen LogP contribution in [0.25, 0.3) is 20.7 Å². The highest BCUT2D eigenvalue weighted by Crippen LogP contribution is 2.33. The van der Waals surface area contributed by atoms with Crippen LogP contribution in [0.2, 0.25) is 0 Å². The number of aromatic nitrogens is 2. The van der Waals surface area contributed by atoms with Gasteiger partial charge in [0.2, 0.25) is 5.91 Å². The maximum absolute atomic E-state index is 13.1. The van der Waals surface area contributed by atoms with Crippen molar-refractivity contribution in [2.75, 3.05) is 27.8 Å². The standard InChI is InChI=1S/C23H23N3O4S2/c1-25(9-8-15-6-7-17(29-2)18(11-15)30-3)20(27)12-26-14-24-22-21(23(26)28)16(13-32-22)19-5-4-10-31-19/h4-7,10-11,13-14H,8-9,12H2,1-3H3. The largest absolute Gasteiger partial charge is 0.493 e. The summed E-state index contributed by atoms with van der Waals surface area (Å²) < 4.78 is 12.0. The maximum Gasteiger partial charge on any atom is 0.263 e. The lowest BCUT2D eigenvalue weighted by Crippen LogP contribution is -2.35. The fourth-order valence-electron chi connectivity index (χ4n) is 3.42. The van der Waals surface area contributed by atoms with Crippen LogP contribution in [0.3, 0.4) is 0 Å². The fraction of sp³-hybridized carbons (Fsp3) is 0.261. The highest BCUT2D eigenvalue weighted by molar-refractivity contribution is 7.18. The summed E-state index contributed by atoms with van der Waals surface area (Å²) in [5.74, 6) is 1.17. The van der Waals surface area contributed by atoms with Gasteiger partial charge in [0.25, 0.3) is 5.56 Å². The van der Waals surface area contributed by atoms with Gasteiger partial charge in [-0.25, -0.2) is 4.98 Å². The van der Waals surface area contributed by atoms with E-state index in [2.05, 4.69) is 4.98 Å². The van der Waals surface area contributed by atoms with E-state index in [0.29, 0.717) is 34.7 Å². The second-order valence-electron chi connectivity index (χ2n) is 7.24. The summed E-state index contributed by atoms with van der Waals surface area (Å²) in [6, 6.07) is 9.64. The van der Waals surface area contributed by atoms with Crippen molar-refractivity contribution >= 4 is 38.8 Å². The molecule has 0 fully saturated rings. The van der Waals surface area contributed by atoms with Crippen molar-refractivity contribution in [1.29, 1.82) is 0 Å². The molecule has 0 saturated heterocycles. The highest BCUT2D eigenvalue weighted by atomic mass is 32.1. The molecule has 0 saturated carbocycles. The van der Waals surface area contributed by atoms with E-state index in [4.69, 9.17) is 9.47 Å². The molecule has 1 aromatic carbocycles. The van der Waals surface area contributed by atoms with Crippen LogP contribution in [0, 0.1) is 0 Å². The zero-order valence-electron chi connectivity index (χ0n) is 18.0. The number of methoxy groups -OCH3 is 2. The number of thiophene rings is 2. The number of amides is 1. The van der Waals surface area contributed by atoms with E-state index in [1.165, 1.54) is 22.2 Å². The van der Waals surface area contributed by atoms with Gasteiger partial charge in [0.1, 0.15) is 11.4 Å². The highest BCUT2D eigenvalue weighted by Gasteiger charge is 2.17. The predicted octanol–water partition coefficient (Wildman–Crippen LogP) is 3.90. The molecule has 0 unspecified atom stereocenters. The zero-order chi connectivity index (χ0) is 22.7. The van der Waals surface area contributed by atoms with E-state index in [9.17, 15) is 9.59 Å². The Morgan fingerprint density at radius 3 is 2.69 bits per heavy atom. The van der Waals surface area contributed by atoms with E-state index in [1.807, 2.05) is 41.1 Å². The Morgan fingerprint density at radius 2 is 1.97 bits per heavy atom. The molecule has 0 radical (unpaired) electrons. The van der Waals surface area contributed by atoms with Crippen molar-refractivity contribution in [3.05, 3.63) is 63.3 Å². The van der Waals surface area contributed by atoms with Gasteiger partial charge in [-0.1, -0.05) is 12.1 Å². The Kier molecular flexibility index (Phi) is 6.57. The molecule has 0 bridgehead atoms. The summed E-state index contributed by atoms with van der Waals surface area (Å²) in [4.78, 5) is 33.6. The number of hydrogen-bond acceptors (Lipinski definition) is 7. The number of nitrogens with zero attached hydrogens (tertiary/aromatic N) is 3. The smallest absolute Gasteiger partial charge is 0.263 e. The topological polar surface area (TPSA) is 73.7 Å². The minimum Gasteiger partial charge on any atom is -0.493 e. The van der Waals surface area contributed by atoms with Crippen molar-refractivity contribution < 1.29 is 14.3 Å². The monoisotopic (exact) mass is 469 g/mol. The van der Waals surface area contributed by atoms with Gasteiger partial charge in [-0.15, -0.1) is 22.7 Å². The molecule has 32 heavy (non-hydrogen) atoms. The molecule has 9 heteroatoms. The van der Waals surface area contributed by atoms with Crippen LogP contribution in [0.4, 0.5) is 0 Å². The zero-order valence-corrected chi connectivity index (χ0v) is 19.7. The normalized spacial score (nSPS) is 11.0. The Hall–Kier alpha value is -3.17. The fourth-order valence-corrected chi connectivity index (χ4v) is 5.14. The van der Waals surface area contributed by atoms with E-state index in [1.54, 1.807) is 37.5 Å². The summed E-state index contributed by atoms with van der Waals surface area (Å²) in [5.41, 5.74) is 1.71. The maximum atomic E-state index is 13.1. The molecule has 4 aromatic rings. The SMILES string of the molecule is COc1ccc(CCN(C)C(=O)Cn2cnc3scc(-c4cccs4)c3c2=O)cc1OC. The Labute approximate surface area is 193 Å². The number of hydrogen-bond donors (Lipinski definition) is 0. The van der Waals surface area contributed by atoms with Crippen LogP contribution in [0.1, 0.15) is 5.56 Å². The third-order valence-corrected chi connectivity index (χ3v) is 7.05. The summed E-state index contributed by atoms with van der Waals surface area (Å²) in [6.07, 6.45) is 2.11. The van der Waals surface area contributed by atoms with Gasteiger partial charge in [0.05, 0.1) is 25.9 Å². The number of likely N-dealkylation sites (N-methyl/N-ethyl adjacent to an activating group) is 1. The number of benzene rings is 1. The van der Waals surface area contributed by atoms with E-state index in [0.717, 1.165) is 16.0 Å². The first kappa shape index (κ1) is 22.0. The van der Waals surface area contributed by atoms with Crippen LogP contribution in [0.5, 0.6) is 11.5 Å². The first-order chi connectivity index (χ1) is 15.5. The molecule has 1 amide bonds. The van der Waals surface area contributed by atoms with E-state index in [-0.39, 0.29) is 18.0 Å². The lowest BCUT2D eigenvalue weighted by atomic mass is 10.1. The first-order valence-corrected chi connectivity index (χ1v) is 11.7. The van der Waals surface area contributed by atoms with Gasteiger partial charge in [0.15, 0.2) is 11.5 Å². The average Bonchev–Trinajstić information content (AvgIpc) is 3.49. The van der Waals surface area contributed by atoms with Crippen LogP contribution < -0.4 is 15.0 Å². The molecule has 0 aliphatic carbocycles. The molecule has 3 aromatic heterocycles. The molecular formula is C23H23N3O4S2. The second-order valence-corrected chi connectivity index (χ2v) is 9.04. The van der Waals surface area contributed by atoms with Gasteiger partial charge < -0.3 is 14.4 Å². The molecule has 0 aliphatic rings. The molecule has 0 spiro atoms. The predicted molar refractivity (Wildman–Crippen MR) is 128 cm³/mol. The van der Waals surface area contributed by atoms with Gasteiger partial charge in [0, 0.05) is 29.4 Å². The minimum atomic E-state index is -0.193. The number of carbonyl (C=O) groups is 1. The number of carbonyl (C=O) groups excluding carboxylic acids is 1. The minimum absolute atomic E-state index is 0.0517. The molecule has 3 heterocycles. The molecule has 166 valence electrons. The third kappa shape index (κ3) is 4.39. The van der Waals surface area contributed by atoms with E-state index < -0.39 is 0 Å². The molecule has 7 nitrogen and oxygen atoms in total. The lowest BCUT2D eigenvalue weighted by Gasteiger charge is -2.18. The number of rotatable bonds is 8. The Bertz CT molecular complexity index is 1290. The quantitative estimate of drug-likeness (QED) is 0.391. The van der Waals surface area contributed by atoms with Gasteiger partial charge in [-0.05, 0) is 35.6 Å². The Morgan fingerprint density at radius 1 is 1.16 bits per heavy atom. The average molecular weight is 470 g/mol. The third-order valence-electron chi connectivity index (χ3n) is 5.26. The first-order valence-electron chi connectivity index (χ1n) is 9.97. The van der Waals surface area contributed by atoms with Crippen molar-refractivity contribution in [3.63, 3.8) is 0 Å². The van der Waals surface area contributed by atoms with Gasteiger partial charge in [-0.2, -0.15) is 0 Å². The van der Waals surface area contributed by atoms with Crippen molar-refractivity contribution in [2.45, 2.75) is 13.0 Å². The van der Waals surface area contributed by atoms with Crippen LogP contribution in [-0.4, -0.2) is 48.2 Å². The molecule has 4 rings (SSSR count).